The van der Waals surface area contributed by atoms with Gasteiger partial charge in [-0.3, -0.25) is 9.78 Å². The Balaban J connectivity index is 1.60. The van der Waals surface area contributed by atoms with E-state index < -0.39 is 0 Å². The van der Waals surface area contributed by atoms with Crippen molar-refractivity contribution in [1.29, 1.82) is 0 Å². The van der Waals surface area contributed by atoms with Gasteiger partial charge in [-0.05, 0) is 41.8 Å². The molecule has 1 aliphatic rings. The molecule has 0 saturated heterocycles. The van der Waals surface area contributed by atoms with E-state index in [0.29, 0.717) is 29.6 Å². The predicted octanol–water partition coefficient (Wildman–Crippen LogP) is 4.31. The van der Waals surface area contributed by atoms with E-state index in [9.17, 15) is 4.79 Å². The van der Waals surface area contributed by atoms with Gasteiger partial charge in [0, 0.05) is 41.6 Å². The van der Waals surface area contributed by atoms with Crippen molar-refractivity contribution in [3.8, 4) is 0 Å². The fraction of sp³-hybridized carbons (Fsp3) is 0.286. The molecule has 4 rings (SSSR count). The van der Waals surface area contributed by atoms with Crippen molar-refractivity contribution in [2.75, 3.05) is 11.4 Å². The van der Waals surface area contributed by atoms with E-state index in [4.69, 9.17) is 11.6 Å². The quantitative estimate of drug-likeness (QED) is 0.677. The summed E-state index contributed by atoms with van der Waals surface area (Å²) in [4.78, 5) is 23.5. The first-order valence-corrected chi connectivity index (χ1v) is 9.46. The minimum Gasteiger partial charge on any atom is -0.330 e. The molecule has 3 aromatic rings. The van der Waals surface area contributed by atoms with E-state index in [-0.39, 0.29) is 5.91 Å². The third-order valence-corrected chi connectivity index (χ3v) is 5.09. The largest absolute Gasteiger partial charge is 0.330 e. The maximum absolute atomic E-state index is 12.9. The van der Waals surface area contributed by atoms with Gasteiger partial charge in [-0.25, -0.2) is 4.98 Å². The van der Waals surface area contributed by atoms with Crippen molar-refractivity contribution in [2.24, 2.45) is 0 Å². The van der Waals surface area contributed by atoms with Crippen molar-refractivity contribution in [2.45, 2.75) is 32.7 Å². The van der Waals surface area contributed by atoms with Crippen molar-refractivity contribution in [3.63, 3.8) is 0 Å². The Morgan fingerprint density at radius 2 is 2.07 bits per heavy atom. The number of pyridine rings is 1. The van der Waals surface area contributed by atoms with E-state index >= 15 is 0 Å². The van der Waals surface area contributed by atoms with Crippen LogP contribution in [0, 0.1) is 0 Å². The lowest BCUT2D eigenvalue weighted by molar-refractivity contribution is 0.0980. The summed E-state index contributed by atoms with van der Waals surface area (Å²) in [7, 11) is 0. The zero-order valence-electron chi connectivity index (χ0n) is 15.4. The molecule has 0 radical (unpaired) electrons. The normalized spacial score (nSPS) is 13.9. The first-order valence-electron chi connectivity index (χ1n) is 9.08. The molecule has 0 unspecified atom stereocenters. The molecule has 0 N–H and O–H groups in total. The maximum atomic E-state index is 12.9. The highest BCUT2D eigenvalue weighted by Crippen LogP contribution is 2.27. The van der Waals surface area contributed by atoms with Gasteiger partial charge in [-0.1, -0.05) is 25.4 Å². The third-order valence-electron chi connectivity index (χ3n) is 4.86. The number of hydrogen-bond donors (Lipinski definition) is 0. The van der Waals surface area contributed by atoms with Gasteiger partial charge in [0.15, 0.2) is 0 Å². The first kappa shape index (κ1) is 17.7. The third kappa shape index (κ3) is 3.47. The summed E-state index contributed by atoms with van der Waals surface area (Å²) in [6, 6.07) is 7.50. The number of benzene rings is 1. The lowest BCUT2D eigenvalue weighted by Gasteiger charge is -2.28. The van der Waals surface area contributed by atoms with E-state index in [2.05, 4.69) is 28.4 Å². The topological polar surface area (TPSA) is 51.0 Å². The second-order valence-electron chi connectivity index (χ2n) is 7.13. The van der Waals surface area contributed by atoms with Gasteiger partial charge >= 0.3 is 0 Å². The summed E-state index contributed by atoms with van der Waals surface area (Å²) in [6.45, 7) is 5.56. The van der Waals surface area contributed by atoms with E-state index in [1.54, 1.807) is 17.2 Å². The van der Waals surface area contributed by atoms with E-state index in [1.165, 1.54) is 0 Å². The number of carbonyl (C=O) groups excluding carboxylic acids is 1. The predicted molar refractivity (Wildman–Crippen MR) is 106 cm³/mol. The molecule has 5 nitrogen and oxygen atoms in total. The molecule has 138 valence electrons. The number of nitrogens with zero attached hydrogens (tertiary/aromatic N) is 4. The number of halogens is 1. The van der Waals surface area contributed by atoms with Crippen LogP contribution < -0.4 is 4.90 Å². The lowest BCUT2D eigenvalue weighted by Crippen LogP contribution is -2.37. The molecule has 0 atom stereocenters. The Bertz CT molecular complexity index is 995. The van der Waals surface area contributed by atoms with Gasteiger partial charge in [0.2, 0.25) is 0 Å². The zero-order valence-corrected chi connectivity index (χ0v) is 16.1. The highest BCUT2D eigenvalue weighted by atomic mass is 35.5. The highest BCUT2D eigenvalue weighted by Gasteiger charge is 2.26. The summed E-state index contributed by atoms with van der Waals surface area (Å²) >= 11 is 6.06. The number of aromatic nitrogens is 3. The van der Waals surface area contributed by atoms with Crippen molar-refractivity contribution >= 4 is 23.2 Å². The molecule has 3 heterocycles. The smallest absolute Gasteiger partial charge is 0.258 e. The summed E-state index contributed by atoms with van der Waals surface area (Å²) in [5, 5.41) is 0.667. The minimum absolute atomic E-state index is 0.00244. The molecule has 0 spiro atoms. The number of imidazole rings is 1. The Hall–Kier alpha value is -2.66. The van der Waals surface area contributed by atoms with E-state index in [0.717, 1.165) is 29.1 Å². The van der Waals surface area contributed by atoms with Gasteiger partial charge in [0.05, 0.1) is 18.4 Å². The second-order valence-corrected chi connectivity index (χ2v) is 7.56. The van der Waals surface area contributed by atoms with Gasteiger partial charge in [0.25, 0.3) is 5.91 Å². The molecule has 1 amide bonds. The van der Waals surface area contributed by atoms with Crippen molar-refractivity contribution in [3.05, 3.63) is 76.6 Å². The summed E-state index contributed by atoms with van der Waals surface area (Å²) < 4.78 is 2.13. The molecule has 0 fully saturated rings. The van der Waals surface area contributed by atoms with Crippen LogP contribution in [0.15, 0.2) is 49.1 Å². The number of hydrogen-bond acceptors (Lipinski definition) is 3. The molecule has 1 aliphatic heterocycles. The fourth-order valence-electron chi connectivity index (χ4n) is 3.56. The minimum atomic E-state index is -0.00244. The molecule has 6 heteroatoms. The van der Waals surface area contributed by atoms with Gasteiger partial charge in [-0.2, -0.15) is 0 Å². The summed E-state index contributed by atoms with van der Waals surface area (Å²) in [5.74, 6) is 1.39. The number of rotatable bonds is 4. The SMILES string of the molecule is CC(C)c1nccn1Cc1cncc(N2CCc3cc(Cl)ccc3C2=O)c1. The average Bonchev–Trinajstić information content (AvgIpc) is 3.10. The lowest BCUT2D eigenvalue weighted by atomic mass is 9.98. The summed E-state index contributed by atoms with van der Waals surface area (Å²) in [6.07, 6.45) is 8.18. The highest BCUT2D eigenvalue weighted by molar-refractivity contribution is 6.30. The molecular weight excluding hydrogens is 360 g/mol. The van der Waals surface area contributed by atoms with Crippen LogP contribution in [0.1, 0.15) is 47.1 Å². The second kappa shape index (κ2) is 7.16. The van der Waals surface area contributed by atoms with Gasteiger partial charge < -0.3 is 9.47 Å². The monoisotopic (exact) mass is 380 g/mol. The molecular formula is C21H21ClN4O. The number of anilines is 1. The first-order chi connectivity index (χ1) is 13.0. The average molecular weight is 381 g/mol. The van der Waals surface area contributed by atoms with Crippen LogP contribution in [-0.2, 0) is 13.0 Å². The van der Waals surface area contributed by atoms with Gasteiger partial charge in [0.1, 0.15) is 5.82 Å². The van der Waals surface area contributed by atoms with Crippen LogP contribution in [0.2, 0.25) is 5.02 Å². The van der Waals surface area contributed by atoms with Crippen LogP contribution >= 0.6 is 11.6 Å². The van der Waals surface area contributed by atoms with Crippen LogP contribution in [-0.4, -0.2) is 27.0 Å². The van der Waals surface area contributed by atoms with Crippen LogP contribution in [0.25, 0.3) is 0 Å². The maximum Gasteiger partial charge on any atom is 0.258 e. The molecule has 1 aromatic carbocycles. The van der Waals surface area contributed by atoms with Crippen LogP contribution in [0.5, 0.6) is 0 Å². The Labute approximate surface area is 163 Å². The Kier molecular flexibility index (Phi) is 4.70. The number of amides is 1. The Morgan fingerprint density at radius 3 is 2.89 bits per heavy atom. The number of carbonyl (C=O) groups is 1. The molecule has 27 heavy (non-hydrogen) atoms. The van der Waals surface area contributed by atoms with Crippen LogP contribution in [0.4, 0.5) is 5.69 Å². The molecule has 2 aromatic heterocycles. The standard InChI is InChI=1S/C21H21ClN4O/c1-14(2)20-24-6-8-25(20)13-15-9-18(12-23-11-15)26-7-5-16-10-17(22)3-4-19(16)21(26)27/h3-4,6,8-12,14H,5,7,13H2,1-2H3. The zero-order chi connectivity index (χ0) is 19.0. The van der Waals surface area contributed by atoms with Crippen molar-refractivity contribution < 1.29 is 4.79 Å². The Morgan fingerprint density at radius 1 is 1.22 bits per heavy atom. The molecule has 0 saturated carbocycles. The molecule has 0 bridgehead atoms. The fourth-order valence-corrected chi connectivity index (χ4v) is 3.76. The van der Waals surface area contributed by atoms with Crippen LogP contribution in [0.3, 0.4) is 0 Å². The van der Waals surface area contributed by atoms with Gasteiger partial charge in [-0.15, -0.1) is 0 Å². The van der Waals surface area contributed by atoms with E-state index in [1.807, 2.05) is 36.8 Å². The summed E-state index contributed by atoms with van der Waals surface area (Å²) in [5.41, 5.74) is 3.59. The number of fused-ring (bicyclic) bond motifs is 1. The molecule has 0 aliphatic carbocycles. The van der Waals surface area contributed by atoms with Crippen molar-refractivity contribution in [1.82, 2.24) is 14.5 Å².